The summed E-state index contributed by atoms with van der Waals surface area (Å²) >= 11 is 0. The van der Waals surface area contributed by atoms with Gasteiger partial charge in [-0.3, -0.25) is 9.78 Å². The molecular weight excluding hydrogens is 430 g/mol. The Bertz CT molecular complexity index is 1030. The van der Waals surface area contributed by atoms with E-state index in [-0.39, 0.29) is 17.3 Å². The Hall–Kier alpha value is -3.24. The molecule has 0 unspecified atom stereocenters. The van der Waals surface area contributed by atoms with E-state index in [1.165, 1.54) is 16.8 Å². The van der Waals surface area contributed by atoms with E-state index < -0.39 is 0 Å². The Balaban J connectivity index is 0. The van der Waals surface area contributed by atoms with Gasteiger partial charge in [-0.1, -0.05) is 73.1 Å². The number of nitriles is 1. The van der Waals surface area contributed by atoms with Crippen LogP contribution in [0.2, 0.25) is 0 Å². The number of nitrogens with zero attached hydrogens (tertiary/aromatic N) is 3. The SMILES string of the molecule is C/C=C/C(C)=C(/C#N)C(=O)C(C)C.Cc1ccnc(C(C)C)c1C.[C-]#[N+]C(C(=C)C(C)C)=C(C)C. The first-order valence-corrected chi connectivity index (χ1v) is 12.1. The lowest BCUT2D eigenvalue weighted by Gasteiger charge is -2.09. The van der Waals surface area contributed by atoms with Gasteiger partial charge >= 0.3 is 0 Å². The van der Waals surface area contributed by atoms with Crippen molar-refractivity contribution in [2.45, 2.75) is 89.0 Å². The van der Waals surface area contributed by atoms with Gasteiger partial charge in [0, 0.05) is 17.8 Å². The molecule has 0 atom stereocenters. The van der Waals surface area contributed by atoms with E-state index in [1.54, 1.807) is 26.8 Å². The lowest BCUT2D eigenvalue weighted by Crippen LogP contribution is -2.10. The summed E-state index contributed by atoms with van der Waals surface area (Å²) in [6, 6.07) is 4.00. The Kier molecular flexibility index (Phi) is 16.7. The van der Waals surface area contributed by atoms with Crippen molar-refractivity contribution in [2.75, 3.05) is 0 Å². The average Bonchev–Trinajstić information content (AvgIpc) is 2.77. The Morgan fingerprint density at radius 2 is 1.66 bits per heavy atom. The molecule has 0 saturated carbocycles. The topological polar surface area (TPSA) is 58.1 Å². The number of allylic oxidation sites excluding steroid dienone is 6. The van der Waals surface area contributed by atoms with Gasteiger partial charge in [-0.05, 0) is 67.9 Å². The van der Waals surface area contributed by atoms with Gasteiger partial charge in [0.1, 0.15) is 6.07 Å². The minimum absolute atomic E-state index is 0.0851. The number of aryl methyl sites for hydroxylation is 1. The van der Waals surface area contributed by atoms with E-state index in [9.17, 15) is 4.79 Å². The van der Waals surface area contributed by atoms with Gasteiger partial charge in [0.2, 0.25) is 0 Å². The number of carbonyl (C=O) groups is 1. The van der Waals surface area contributed by atoms with Gasteiger partial charge in [0.15, 0.2) is 11.5 Å². The Labute approximate surface area is 215 Å². The highest BCUT2D eigenvalue weighted by molar-refractivity contribution is 6.01. The quantitative estimate of drug-likeness (QED) is 0.179. The van der Waals surface area contributed by atoms with Crippen LogP contribution >= 0.6 is 0 Å². The molecule has 1 rings (SSSR count). The Morgan fingerprint density at radius 1 is 1.11 bits per heavy atom. The van der Waals surface area contributed by atoms with Crippen LogP contribution in [0.15, 0.2) is 59.0 Å². The maximum Gasteiger partial charge on any atom is 0.188 e. The molecule has 0 fully saturated rings. The fourth-order valence-corrected chi connectivity index (χ4v) is 2.97. The number of hydrogen-bond acceptors (Lipinski definition) is 3. The highest BCUT2D eigenvalue weighted by Gasteiger charge is 2.14. The van der Waals surface area contributed by atoms with Gasteiger partial charge in [-0.2, -0.15) is 5.26 Å². The molecule has 0 N–H and O–H groups in total. The standard InChI is InChI=1S/C11H15NO.2C10H15N/c1-5-6-9(4)10(7-12)11(13)8(2)3;1-7(2)10-9(4)8(3)5-6-11-10;1-7(2)9(5)10(11-6)8(3)4/h5-6,8H,1-4H3;5-7H,1-4H3;7H,5H2,1-4H3/b6-5+,10-9-;;. The zero-order valence-electron chi connectivity index (χ0n) is 24.0. The molecule has 0 aromatic carbocycles. The molecule has 4 nitrogen and oxygen atoms in total. The van der Waals surface area contributed by atoms with Crippen LogP contribution in [0.5, 0.6) is 0 Å². The fraction of sp³-hybridized carbons (Fsp3) is 0.484. The largest absolute Gasteiger partial charge is 0.293 e. The van der Waals surface area contributed by atoms with Gasteiger partial charge in [-0.15, -0.1) is 6.58 Å². The van der Waals surface area contributed by atoms with Crippen LogP contribution in [0, 0.1) is 43.6 Å². The molecule has 0 aliphatic carbocycles. The molecule has 0 saturated heterocycles. The third kappa shape index (κ3) is 12.2. The second-order valence-electron chi connectivity index (χ2n) is 9.62. The molecule has 1 aromatic heterocycles. The van der Waals surface area contributed by atoms with Crippen LogP contribution in [0.25, 0.3) is 4.85 Å². The van der Waals surface area contributed by atoms with E-state index in [0.29, 0.717) is 11.8 Å². The number of rotatable bonds is 6. The van der Waals surface area contributed by atoms with Gasteiger partial charge in [0.25, 0.3) is 0 Å². The summed E-state index contributed by atoms with van der Waals surface area (Å²) in [6.07, 6.45) is 5.48. The van der Waals surface area contributed by atoms with Crippen molar-refractivity contribution in [2.24, 2.45) is 11.8 Å². The smallest absolute Gasteiger partial charge is 0.188 e. The summed E-state index contributed by atoms with van der Waals surface area (Å²) in [5.74, 6) is 0.705. The summed E-state index contributed by atoms with van der Waals surface area (Å²) in [6.45, 7) is 34.6. The molecule has 0 aliphatic rings. The molecule has 1 heterocycles. The zero-order valence-corrected chi connectivity index (χ0v) is 24.0. The van der Waals surface area contributed by atoms with Crippen LogP contribution in [-0.4, -0.2) is 10.8 Å². The number of pyridine rings is 1. The average molecular weight is 476 g/mol. The van der Waals surface area contributed by atoms with Crippen molar-refractivity contribution in [3.8, 4) is 6.07 Å². The van der Waals surface area contributed by atoms with Gasteiger partial charge in [0.05, 0.1) is 12.1 Å². The van der Waals surface area contributed by atoms with E-state index in [2.05, 4.69) is 64.0 Å². The van der Waals surface area contributed by atoms with E-state index in [0.717, 1.165) is 22.4 Å². The predicted molar refractivity (Wildman–Crippen MR) is 150 cm³/mol. The lowest BCUT2D eigenvalue weighted by molar-refractivity contribution is -0.117. The summed E-state index contributed by atoms with van der Waals surface area (Å²) in [5.41, 5.74) is 7.65. The molecule has 35 heavy (non-hydrogen) atoms. The first-order chi connectivity index (χ1) is 16.2. The molecular formula is C31H45N3O. The highest BCUT2D eigenvalue weighted by atomic mass is 16.1. The van der Waals surface area contributed by atoms with E-state index >= 15 is 0 Å². The van der Waals surface area contributed by atoms with E-state index in [4.69, 9.17) is 11.8 Å². The third-order valence-electron chi connectivity index (χ3n) is 5.34. The third-order valence-corrected chi connectivity index (χ3v) is 5.34. The zero-order chi connectivity index (χ0) is 27.9. The molecule has 0 spiro atoms. The van der Waals surface area contributed by atoms with Crippen molar-refractivity contribution < 1.29 is 4.79 Å². The summed E-state index contributed by atoms with van der Waals surface area (Å²) in [4.78, 5) is 19.3. The molecule has 190 valence electrons. The number of ketones is 1. The number of aromatic nitrogens is 1. The number of carbonyl (C=O) groups excluding carboxylic acids is 1. The first kappa shape index (κ1) is 33.9. The van der Waals surface area contributed by atoms with Crippen LogP contribution in [0.4, 0.5) is 0 Å². The van der Waals surface area contributed by atoms with Crippen LogP contribution in [0.1, 0.15) is 92.0 Å². The minimum atomic E-state index is -0.116. The number of hydrogen-bond donors (Lipinski definition) is 0. The fourth-order valence-electron chi connectivity index (χ4n) is 2.97. The van der Waals surface area contributed by atoms with Gasteiger partial charge < -0.3 is 0 Å². The molecule has 4 heteroatoms. The van der Waals surface area contributed by atoms with Crippen molar-refractivity contribution in [3.63, 3.8) is 0 Å². The molecule has 0 aliphatic heterocycles. The van der Waals surface area contributed by atoms with E-state index in [1.807, 2.05) is 39.1 Å². The van der Waals surface area contributed by atoms with Crippen molar-refractivity contribution in [1.29, 1.82) is 5.26 Å². The lowest BCUT2D eigenvalue weighted by atomic mass is 9.98. The molecule has 0 radical (unpaired) electrons. The maximum absolute atomic E-state index is 11.5. The second-order valence-corrected chi connectivity index (χ2v) is 9.62. The van der Waals surface area contributed by atoms with Crippen molar-refractivity contribution in [1.82, 2.24) is 4.98 Å². The first-order valence-electron chi connectivity index (χ1n) is 12.1. The van der Waals surface area contributed by atoms with Crippen LogP contribution < -0.4 is 0 Å². The normalized spacial score (nSPS) is 11.0. The van der Waals surface area contributed by atoms with Crippen LogP contribution in [0.3, 0.4) is 0 Å². The maximum atomic E-state index is 11.5. The minimum Gasteiger partial charge on any atom is -0.293 e. The molecule has 1 aromatic rings. The summed E-state index contributed by atoms with van der Waals surface area (Å²) in [5, 5.41) is 8.78. The van der Waals surface area contributed by atoms with Crippen molar-refractivity contribution in [3.05, 3.63) is 87.2 Å². The molecule has 0 bridgehead atoms. The Morgan fingerprint density at radius 3 is 1.94 bits per heavy atom. The molecule has 0 amide bonds. The van der Waals surface area contributed by atoms with Crippen molar-refractivity contribution >= 4 is 5.78 Å². The second kappa shape index (κ2) is 17.2. The van der Waals surface area contributed by atoms with Crippen LogP contribution in [-0.2, 0) is 4.79 Å². The summed E-state index contributed by atoms with van der Waals surface area (Å²) in [7, 11) is 0. The van der Waals surface area contributed by atoms with Gasteiger partial charge in [-0.25, -0.2) is 4.85 Å². The summed E-state index contributed by atoms with van der Waals surface area (Å²) < 4.78 is 0. The number of Topliss-reactive ketones (excluding diaryl/α,β-unsaturated/α-hetero) is 1. The predicted octanol–water partition coefficient (Wildman–Crippen LogP) is 8.86. The monoisotopic (exact) mass is 475 g/mol. The highest BCUT2D eigenvalue weighted by Crippen LogP contribution is 2.21.